The number of carbonyl (C=O) groups excluding carboxylic acids is 1. The molecular formula is C12H20N2O. The fraction of sp³-hybridized carbons (Fsp3) is 0.917. The molecule has 1 N–H and O–H groups in total. The Morgan fingerprint density at radius 3 is 2.93 bits per heavy atom. The van der Waals surface area contributed by atoms with Crippen molar-refractivity contribution < 1.29 is 4.79 Å². The molecule has 1 amide bonds. The van der Waals surface area contributed by atoms with E-state index < -0.39 is 0 Å². The van der Waals surface area contributed by atoms with Gasteiger partial charge in [0.1, 0.15) is 0 Å². The Kier molecular flexibility index (Phi) is 2.23. The molecule has 0 spiro atoms. The second-order valence-electron chi connectivity index (χ2n) is 5.52. The lowest BCUT2D eigenvalue weighted by Gasteiger charge is -2.27. The molecule has 0 radical (unpaired) electrons. The standard InChI is InChI=1S/C12H20N2O/c1-8-4-10-6-13-7-11(10)14(8)12(15)5-9-2-3-9/h8-11,13H,2-7H2,1H3. The van der Waals surface area contributed by atoms with E-state index in [9.17, 15) is 4.79 Å². The number of hydrogen-bond acceptors (Lipinski definition) is 2. The average Bonchev–Trinajstić information content (AvgIpc) is 2.76. The van der Waals surface area contributed by atoms with Crippen molar-refractivity contribution in [2.45, 2.75) is 44.7 Å². The highest BCUT2D eigenvalue weighted by Crippen LogP contribution is 2.37. The Hall–Kier alpha value is -0.570. The first-order valence-electron chi connectivity index (χ1n) is 6.27. The fourth-order valence-corrected chi connectivity index (χ4v) is 3.27. The molecule has 3 aliphatic rings. The van der Waals surface area contributed by atoms with Crippen LogP contribution < -0.4 is 5.32 Å². The summed E-state index contributed by atoms with van der Waals surface area (Å²) in [5.41, 5.74) is 0. The van der Waals surface area contributed by atoms with Gasteiger partial charge in [0, 0.05) is 31.6 Å². The zero-order valence-electron chi connectivity index (χ0n) is 9.41. The first kappa shape index (κ1) is 9.64. The maximum absolute atomic E-state index is 12.1. The van der Waals surface area contributed by atoms with E-state index in [1.165, 1.54) is 19.3 Å². The minimum atomic E-state index is 0.418. The van der Waals surface area contributed by atoms with Crippen LogP contribution >= 0.6 is 0 Å². The minimum Gasteiger partial charge on any atom is -0.335 e. The predicted octanol–water partition coefficient (Wildman–Crippen LogP) is 0.995. The van der Waals surface area contributed by atoms with Crippen molar-refractivity contribution in [2.24, 2.45) is 11.8 Å². The largest absolute Gasteiger partial charge is 0.335 e. The summed E-state index contributed by atoms with van der Waals surface area (Å²) in [7, 11) is 0. The number of carbonyl (C=O) groups is 1. The van der Waals surface area contributed by atoms with Gasteiger partial charge in [-0.3, -0.25) is 4.79 Å². The average molecular weight is 208 g/mol. The lowest BCUT2D eigenvalue weighted by Crippen LogP contribution is -2.42. The number of hydrogen-bond donors (Lipinski definition) is 1. The normalized spacial score (nSPS) is 39.5. The van der Waals surface area contributed by atoms with Crippen molar-refractivity contribution >= 4 is 5.91 Å². The van der Waals surface area contributed by atoms with Gasteiger partial charge in [0.05, 0.1) is 0 Å². The predicted molar refractivity (Wildman–Crippen MR) is 58.4 cm³/mol. The van der Waals surface area contributed by atoms with Crippen LogP contribution in [0.1, 0.15) is 32.6 Å². The van der Waals surface area contributed by atoms with Crippen LogP contribution in [0.15, 0.2) is 0 Å². The summed E-state index contributed by atoms with van der Waals surface area (Å²) in [6.07, 6.45) is 4.57. The second-order valence-corrected chi connectivity index (χ2v) is 5.52. The highest BCUT2D eigenvalue weighted by atomic mass is 16.2. The summed E-state index contributed by atoms with van der Waals surface area (Å²) in [5, 5.41) is 3.40. The highest BCUT2D eigenvalue weighted by molar-refractivity contribution is 5.78. The third-order valence-electron chi connectivity index (χ3n) is 4.23. The van der Waals surface area contributed by atoms with Gasteiger partial charge in [0.25, 0.3) is 0 Å². The van der Waals surface area contributed by atoms with E-state index in [-0.39, 0.29) is 0 Å². The summed E-state index contributed by atoms with van der Waals surface area (Å²) in [6, 6.07) is 0.986. The van der Waals surface area contributed by atoms with Gasteiger partial charge in [-0.25, -0.2) is 0 Å². The van der Waals surface area contributed by atoms with Gasteiger partial charge in [-0.05, 0) is 38.0 Å². The molecule has 84 valence electrons. The van der Waals surface area contributed by atoms with Crippen molar-refractivity contribution in [2.75, 3.05) is 13.1 Å². The zero-order chi connectivity index (χ0) is 10.4. The van der Waals surface area contributed by atoms with Gasteiger partial charge in [0.2, 0.25) is 5.91 Å². The Morgan fingerprint density at radius 2 is 2.20 bits per heavy atom. The van der Waals surface area contributed by atoms with Crippen LogP contribution in [-0.2, 0) is 4.79 Å². The van der Waals surface area contributed by atoms with E-state index >= 15 is 0 Å². The third kappa shape index (κ3) is 1.67. The van der Waals surface area contributed by atoms with Crippen LogP contribution in [0.4, 0.5) is 0 Å². The molecule has 2 saturated heterocycles. The van der Waals surface area contributed by atoms with E-state index in [4.69, 9.17) is 0 Å². The lowest BCUT2D eigenvalue weighted by molar-refractivity contribution is -0.134. The molecule has 1 saturated carbocycles. The second kappa shape index (κ2) is 3.48. The number of rotatable bonds is 2. The van der Waals surface area contributed by atoms with Crippen LogP contribution in [0.25, 0.3) is 0 Å². The van der Waals surface area contributed by atoms with Crippen molar-refractivity contribution in [3.05, 3.63) is 0 Å². The van der Waals surface area contributed by atoms with E-state index in [0.29, 0.717) is 18.0 Å². The van der Waals surface area contributed by atoms with Crippen molar-refractivity contribution in [1.29, 1.82) is 0 Å². The molecule has 2 aliphatic heterocycles. The summed E-state index contributed by atoms with van der Waals surface area (Å²) in [6.45, 7) is 4.34. The molecule has 0 aromatic rings. The highest BCUT2D eigenvalue weighted by Gasteiger charge is 2.44. The zero-order valence-corrected chi connectivity index (χ0v) is 9.41. The summed E-state index contributed by atoms with van der Waals surface area (Å²) >= 11 is 0. The molecule has 0 aromatic heterocycles. The van der Waals surface area contributed by atoms with E-state index in [0.717, 1.165) is 31.3 Å². The Balaban J connectivity index is 1.69. The summed E-state index contributed by atoms with van der Waals surface area (Å²) < 4.78 is 0. The third-order valence-corrected chi connectivity index (χ3v) is 4.23. The quantitative estimate of drug-likeness (QED) is 0.734. The van der Waals surface area contributed by atoms with Gasteiger partial charge in [-0.2, -0.15) is 0 Å². The lowest BCUT2D eigenvalue weighted by atomic mass is 10.0. The van der Waals surface area contributed by atoms with E-state index in [1.54, 1.807) is 0 Å². The topological polar surface area (TPSA) is 32.3 Å². The van der Waals surface area contributed by atoms with Crippen LogP contribution in [0.3, 0.4) is 0 Å². The number of amides is 1. The molecule has 1 aliphatic carbocycles. The molecule has 3 heteroatoms. The number of nitrogens with zero attached hydrogens (tertiary/aromatic N) is 1. The maximum Gasteiger partial charge on any atom is 0.223 e. The molecule has 0 aromatic carbocycles. The Labute approximate surface area is 91.2 Å². The SMILES string of the molecule is CC1CC2CNCC2N1C(=O)CC1CC1. The maximum atomic E-state index is 12.1. The summed E-state index contributed by atoms with van der Waals surface area (Å²) in [5.74, 6) is 1.86. The first-order valence-corrected chi connectivity index (χ1v) is 6.27. The molecule has 3 atom stereocenters. The molecule has 3 unspecified atom stereocenters. The van der Waals surface area contributed by atoms with Crippen molar-refractivity contribution in [3.8, 4) is 0 Å². The van der Waals surface area contributed by atoms with Gasteiger partial charge in [-0.1, -0.05) is 0 Å². The molecule has 3 rings (SSSR count). The van der Waals surface area contributed by atoms with Crippen molar-refractivity contribution in [3.63, 3.8) is 0 Å². The smallest absolute Gasteiger partial charge is 0.223 e. The number of fused-ring (bicyclic) bond motifs is 1. The van der Waals surface area contributed by atoms with Gasteiger partial charge >= 0.3 is 0 Å². The number of nitrogens with one attached hydrogen (secondary N) is 1. The Bertz CT molecular complexity index is 275. The van der Waals surface area contributed by atoms with Gasteiger partial charge in [-0.15, -0.1) is 0 Å². The number of likely N-dealkylation sites (tertiary alicyclic amines) is 1. The van der Waals surface area contributed by atoms with Crippen LogP contribution in [0.5, 0.6) is 0 Å². The van der Waals surface area contributed by atoms with E-state index in [1.807, 2.05) is 0 Å². The molecule has 15 heavy (non-hydrogen) atoms. The van der Waals surface area contributed by atoms with Crippen LogP contribution in [-0.4, -0.2) is 36.0 Å². The molecule has 2 heterocycles. The van der Waals surface area contributed by atoms with E-state index in [2.05, 4.69) is 17.1 Å². The molecule has 0 bridgehead atoms. The van der Waals surface area contributed by atoms with Crippen LogP contribution in [0.2, 0.25) is 0 Å². The Morgan fingerprint density at radius 1 is 1.40 bits per heavy atom. The molecule has 3 fully saturated rings. The molecule has 3 nitrogen and oxygen atoms in total. The minimum absolute atomic E-state index is 0.418. The fourth-order valence-electron chi connectivity index (χ4n) is 3.27. The van der Waals surface area contributed by atoms with Gasteiger partial charge < -0.3 is 10.2 Å². The molecular weight excluding hydrogens is 188 g/mol. The van der Waals surface area contributed by atoms with Crippen LogP contribution in [0, 0.1) is 11.8 Å². The summed E-state index contributed by atoms with van der Waals surface area (Å²) in [4.78, 5) is 14.3. The van der Waals surface area contributed by atoms with Gasteiger partial charge in [0.15, 0.2) is 0 Å². The monoisotopic (exact) mass is 208 g/mol. The van der Waals surface area contributed by atoms with Crippen molar-refractivity contribution in [1.82, 2.24) is 10.2 Å². The first-order chi connectivity index (χ1) is 7.25.